The molecule has 1 atom stereocenters. The lowest BCUT2D eigenvalue weighted by molar-refractivity contribution is -0.118. The highest BCUT2D eigenvalue weighted by molar-refractivity contribution is 5.97. The second-order valence-electron chi connectivity index (χ2n) is 7.68. The quantitative estimate of drug-likeness (QED) is 0.450. The second kappa shape index (κ2) is 8.10. The number of aromatic carboxylic acids is 1. The van der Waals surface area contributed by atoms with Crippen molar-refractivity contribution in [2.45, 2.75) is 31.9 Å². The number of hydrogen-bond acceptors (Lipinski definition) is 6. The fourth-order valence-corrected chi connectivity index (χ4v) is 3.31. The summed E-state index contributed by atoms with van der Waals surface area (Å²) in [6, 6.07) is 9.70. The van der Waals surface area contributed by atoms with Gasteiger partial charge in [0.25, 0.3) is 5.91 Å². The molecule has 8 nitrogen and oxygen atoms in total. The summed E-state index contributed by atoms with van der Waals surface area (Å²) in [6.45, 7) is 3.92. The molecule has 1 aliphatic heterocycles. The van der Waals surface area contributed by atoms with Crippen molar-refractivity contribution in [1.82, 2.24) is 5.32 Å². The zero-order valence-corrected chi connectivity index (χ0v) is 16.2. The number of aromatic hydroxyl groups is 1. The molecule has 29 heavy (non-hydrogen) atoms. The van der Waals surface area contributed by atoms with Crippen LogP contribution in [-0.4, -0.2) is 45.9 Å². The standard InChI is InChI=1S/C21H24N2O6/c1-21(2,9-12-4-3-5-13(8-12)20(27)28)22-10-16(25)14-6-7-15(24)18-19(14)29-11-17(26)23-18/h3-8,16,22,24-25H,9-11H2,1-2H3,(H,23,26)(H,27,28). The van der Waals surface area contributed by atoms with Crippen LogP contribution in [0.1, 0.15) is 41.4 Å². The van der Waals surface area contributed by atoms with Crippen LogP contribution in [0.4, 0.5) is 5.69 Å². The van der Waals surface area contributed by atoms with Crippen LogP contribution >= 0.6 is 0 Å². The van der Waals surface area contributed by atoms with Gasteiger partial charge in [-0.1, -0.05) is 12.1 Å². The van der Waals surface area contributed by atoms with E-state index in [4.69, 9.17) is 9.84 Å². The Balaban J connectivity index is 1.69. The predicted octanol–water partition coefficient (Wildman–Crippen LogP) is 2.07. The van der Waals surface area contributed by atoms with Gasteiger partial charge in [-0.05, 0) is 50.1 Å². The normalized spacial score (nSPS) is 14.5. The molecule has 0 radical (unpaired) electrons. The molecule has 0 bridgehead atoms. The number of fused-ring (bicyclic) bond motifs is 1. The van der Waals surface area contributed by atoms with E-state index < -0.39 is 17.6 Å². The van der Waals surface area contributed by atoms with Crippen molar-refractivity contribution < 1.29 is 29.6 Å². The maximum atomic E-state index is 11.5. The van der Waals surface area contributed by atoms with Gasteiger partial charge in [0.15, 0.2) is 12.4 Å². The first-order chi connectivity index (χ1) is 13.7. The van der Waals surface area contributed by atoms with Crippen LogP contribution in [0.15, 0.2) is 36.4 Å². The smallest absolute Gasteiger partial charge is 0.335 e. The maximum Gasteiger partial charge on any atom is 0.335 e. The topological polar surface area (TPSA) is 128 Å². The molecule has 0 saturated heterocycles. The minimum atomic E-state index is -0.975. The van der Waals surface area contributed by atoms with Crippen molar-refractivity contribution in [1.29, 1.82) is 0 Å². The van der Waals surface area contributed by atoms with Gasteiger partial charge in [-0.25, -0.2) is 4.79 Å². The predicted molar refractivity (Wildman–Crippen MR) is 106 cm³/mol. The number of carbonyl (C=O) groups is 2. The number of aliphatic hydroxyl groups excluding tert-OH is 1. The van der Waals surface area contributed by atoms with Gasteiger partial charge in [-0.2, -0.15) is 0 Å². The fraction of sp³-hybridized carbons (Fsp3) is 0.333. The highest BCUT2D eigenvalue weighted by Crippen LogP contribution is 2.41. The minimum Gasteiger partial charge on any atom is -0.506 e. The number of carboxylic acids is 1. The van der Waals surface area contributed by atoms with Crippen LogP contribution in [0.3, 0.4) is 0 Å². The molecule has 0 aromatic heterocycles. The summed E-state index contributed by atoms with van der Waals surface area (Å²) in [6.07, 6.45) is -0.384. The van der Waals surface area contributed by atoms with E-state index in [0.29, 0.717) is 12.0 Å². The zero-order chi connectivity index (χ0) is 21.2. The van der Waals surface area contributed by atoms with Crippen LogP contribution < -0.4 is 15.4 Å². The van der Waals surface area contributed by atoms with E-state index in [1.165, 1.54) is 6.07 Å². The van der Waals surface area contributed by atoms with Gasteiger partial charge < -0.3 is 30.7 Å². The molecule has 0 aliphatic carbocycles. The molecule has 3 rings (SSSR count). The monoisotopic (exact) mass is 400 g/mol. The lowest BCUT2D eigenvalue weighted by Gasteiger charge is -2.29. The second-order valence-corrected chi connectivity index (χ2v) is 7.68. The van der Waals surface area contributed by atoms with Gasteiger partial charge in [-0.3, -0.25) is 4.79 Å². The van der Waals surface area contributed by atoms with Crippen molar-refractivity contribution >= 4 is 17.6 Å². The van der Waals surface area contributed by atoms with Crippen LogP contribution in [0.2, 0.25) is 0 Å². The van der Waals surface area contributed by atoms with Gasteiger partial charge in [0, 0.05) is 17.6 Å². The molecule has 0 spiro atoms. The highest BCUT2D eigenvalue weighted by Gasteiger charge is 2.27. The van der Waals surface area contributed by atoms with E-state index in [1.807, 2.05) is 19.9 Å². The van der Waals surface area contributed by atoms with Crippen molar-refractivity contribution in [2.75, 3.05) is 18.5 Å². The number of benzene rings is 2. The Labute approximate surface area is 168 Å². The maximum absolute atomic E-state index is 11.5. The third-order valence-electron chi connectivity index (χ3n) is 4.73. The van der Waals surface area contributed by atoms with E-state index in [-0.39, 0.29) is 41.8 Å². The molecule has 5 N–H and O–H groups in total. The van der Waals surface area contributed by atoms with Gasteiger partial charge in [0.1, 0.15) is 11.4 Å². The molecule has 1 unspecified atom stereocenters. The number of carbonyl (C=O) groups excluding carboxylic acids is 1. The number of amides is 1. The number of rotatable bonds is 7. The molecule has 2 aromatic rings. The fourth-order valence-electron chi connectivity index (χ4n) is 3.31. The average Bonchev–Trinajstić information content (AvgIpc) is 2.67. The molecule has 0 saturated carbocycles. The highest BCUT2D eigenvalue weighted by atomic mass is 16.5. The summed E-state index contributed by atoms with van der Waals surface area (Å²) in [5.74, 6) is -1.22. The first kappa shape index (κ1) is 20.6. The van der Waals surface area contributed by atoms with Gasteiger partial charge >= 0.3 is 5.97 Å². The van der Waals surface area contributed by atoms with Crippen LogP contribution in [-0.2, 0) is 11.2 Å². The largest absolute Gasteiger partial charge is 0.506 e. The Morgan fingerprint density at radius 3 is 2.79 bits per heavy atom. The summed E-state index contributed by atoms with van der Waals surface area (Å²) in [5, 5.41) is 35.6. The molecular formula is C21H24N2O6. The number of aliphatic hydroxyl groups is 1. The zero-order valence-electron chi connectivity index (χ0n) is 16.2. The number of phenols is 1. The molecule has 1 aliphatic rings. The number of ether oxygens (including phenoxy) is 1. The van der Waals surface area contributed by atoms with E-state index in [0.717, 1.165) is 5.56 Å². The molecule has 8 heteroatoms. The third kappa shape index (κ3) is 4.85. The first-order valence-electron chi connectivity index (χ1n) is 9.20. The van der Waals surface area contributed by atoms with Gasteiger partial charge in [0.05, 0.1) is 11.7 Å². The molecule has 0 fully saturated rings. The Kier molecular flexibility index (Phi) is 5.76. The van der Waals surface area contributed by atoms with Gasteiger partial charge in [-0.15, -0.1) is 0 Å². The Morgan fingerprint density at radius 2 is 2.07 bits per heavy atom. The van der Waals surface area contributed by atoms with Crippen LogP contribution in [0, 0.1) is 0 Å². The SMILES string of the molecule is CC(C)(Cc1cccc(C(=O)O)c1)NCC(O)c1ccc(O)c2c1OCC(=O)N2. The number of hydrogen-bond donors (Lipinski definition) is 5. The lowest BCUT2D eigenvalue weighted by atomic mass is 9.93. The molecule has 2 aromatic carbocycles. The van der Waals surface area contributed by atoms with E-state index >= 15 is 0 Å². The summed E-state index contributed by atoms with van der Waals surface area (Å²) in [4.78, 5) is 22.6. The molecule has 154 valence electrons. The summed E-state index contributed by atoms with van der Waals surface area (Å²) >= 11 is 0. The Hall–Kier alpha value is -3.10. The van der Waals surface area contributed by atoms with Crippen LogP contribution in [0.5, 0.6) is 11.5 Å². The van der Waals surface area contributed by atoms with Crippen molar-refractivity contribution in [2.24, 2.45) is 0 Å². The van der Waals surface area contributed by atoms with Crippen molar-refractivity contribution in [3.05, 3.63) is 53.1 Å². The number of anilines is 1. The van der Waals surface area contributed by atoms with E-state index in [9.17, 15) is 19.8 Å². The third-order valence-corrected chi connectivity index (χ3v) is 4.73. The average molecular weight is 400 g/mol. The van der Waals surface area contributed by atoms with Crippen LogP contribution in [0.25, 0.3) is 0 Å². The number of carboxylic acid groups (broad SMARTS) is 1. The summed E-state index contributed by atoms with van der Waals surface area (Å²) < 4.78 is 5.42. The Bertz CT molecular complexity index is 941. The van der Waals surface area contributed by atoms with E-state index in [1.54, 1.807) is 24.3 Å². The number of nitrogens with one attached hydrogen (secondary N) is 2. The molecular weight excluding hydrogens is 376 g/mol. The Morgan fingerprint density at radius 1 is 1.31 bits per heavy atom. The van der Waals surface area contributed by atoms with Crippen molar-refractivity contribution in [3.8, 4) is 11.5 Å². The molecule has 1 heterocycles. The summed E-state index contributed by atoms with van der Waals surface area (Å²) in [7, 11) is 0. The van der Waals surface area contributed by atoms with Gasteiger partial charge in [0.2, 0.25) is 0 Å². The minimum absolute atomic E-state index is 0.129. The van der Waals surface area contributed by atoms with Crippen molar-refractivity contribution in [3.63, 3.8) is 0 Å². The van der Waals surface area contributed by atoms with E-state index in [2.05, 4.69) is 10.6 Å². The number of phenolic OH excluding ortho intramolecular Hbond substituents is 1. The first-order valence-corrected chi connectivity index (χ1v) is 9.20. The summed E-state index contributed by atoms with van der Waals surface area (Å²) in [5.41, 5.74) is 1.28. The lowest BCUT2D eigenvalue weighted by Crippen LogP contribution is -2.43. The molecule has 1 amide bonds. The number of β-amino-alcohol motifs (C(OH)–C–C–N with tert-alkyl or cyclic N) is 1.